The molecule has 34 heavy (non-hydrogen) atoms. The second-order valence-electron chi connectivity index (χ2n) is 11.3. The fraction of sp³-hybridized carbons (Fsp3) is 0.353. The highest BCUT2D eigenvalue weighted by molar-refractivity contribution is 5.93. The molecule has 3 aliphatic rings. The summed E-state index contributed by atoms with van der Waals surface area (Å²) in [6.45, 7) is 13.9. The van der Waals surface area contributed by atoms with Gasteiger partial charge < -0.3 is 0 Å². The molecule has 0 fully saturated rings. The van der Waals surface area contributed by atoms with Crippen LogP contribution in [0.2, 0.25) is 0 Å². The topological polar surface area (TPSA) is 0 Å². The molecule has 0 bridgehead atoms. The van der Waals surface area contributed by atoms with Gasteiger partial charge in [0, 0.05) is 10.8 Å². The van der Waals surface area contributed by atoms with Gasteiger partial charge in [0.2, 0.25) is 0 Å². The summed E-state index contributed by atoms with van der Waals surface area (Å²) in [5.41, 5.74) is 12.6. The molecular weight excluding hydrogens is 408 g/mol. The summed E-state index contributed by atoms with van der Waals surface area (Å²) >= 11 is 0. The number of allylic oxidation sites excluding steroid dienone is 6. The normalized spacial score (nSPS) is 19.7. The van der Waals surface area contributed by atoms with Crippen LogP contribution in [0.1, 0.15) is 83.1 Å². The number of rotatable bonds is 0. The standard InChI is InChI=1S/C18H16.C16H22/c1-3-7-15-13(5-1)9-11-18-16-8-4-2-6-14(16)10-12-17(15)18;1-11-12(2)16(5,6)14-10-8-7-9-13(14)15(11,3)4/h1,3-5,7-9,11H,2,6,10,12H2;7-10H,1-6H3. The molecule has 3 aromatic carbocycles. The van der Waals surface area contributed by atoms with Gasteiger partial charge in [0.25, 0.3) is 0 Å². The molecule has 0 spiro atoms. The van der Waals surface area contributed by atoms with Crippen molar-refractivity contribution in [1.82, 2.24) is 0 Å². The Morgan fingerprint density at radius 3 is 1.94 bits per heavy atom. The van der Waals surface area contributed by atoms with Gasteiger partial charge in [-0.2, -0.15) is 0 Å². The van der Waals surface area contributed by atoms with Crippen LogP contribution in [0.5, 0.6) is 0 Å². The van der Waals surface area contributed by atoms with E-state index >= 15 is 0 Å². The summed E-state index contributed by atoms with van der Waals surface area (Å²) in [5, 5.41) is 2.82. The zero-order chi connectivity index (χ0) is 24.1. The minimum atomic E-state index is 0.177. The van der Waals surface area contributed by atoms with Crippen LogP contribution in [0.15, 0.2) is 89.5 Å². The van der Waals surface area contributed by atoms with Crippen molar-refractivity contribution in [2.24, 2.45) is 0 Å². The second-order valence-corrected chi connectivity index (χ2v) is 11.3. The van der Waals surface area contributed by atoms with Crippen molar-refractivity contribution < 1.29 is 0 Å². The second kappa shape index (κ2) is 8.42. The van der Waals surface area contributed by atoms with Crippen LogP contribution in [-0.4, -0.2) is 0 Å². The van der Waals surface area contributed by atoms with Crippen LogP contribution in [0, 0.1) is 0 Å². The zero-order valence-corrected chi connectivity index (χ0v) is 21.8. The molecule has 6 rings (SSSR count). The molecule has 0 heterocycles. The molecular formula is C34H38. The van der Waals surface area contributed by atoms with Crippen LogP contribution in [0.4, 0.5) is 0 Å². The summed E-state index contributed by atoms with van der Waals surface area (Å²) in [6, 6.07) is 22.2. The number of fused-ring (bicyclic) bond motifs is 5. The maximum Gasteiger partial charge on any atom is 0.0108 e. The van der Waals surface area contributed by atoms with Crippen LogP contribution in [0.25, 0.3) is 16.3 Å². The van der Waals surface area contributed by atoms with Gasteiger partial charge >= 0.3 is 0 Å². The third-order valence-electron chi connectivity index (χ3n) is 9.00. The van der Waals surface area contributed by atoms with E-state index in [2.05, 4.69) is 114 Å². The predicted molar refractivity (Wildman–Crippen MR) is 148 cm³/mol. The van der Waals surface area contributed by atoms with Gasteiger partial charge in [-0.25, -0.2) is 0 Å². The van der Waals surface area contributed by atoms with E-state index in [1.54, 1.807) is 11.1 Å². The minimum absolute atomic E-state index is 0.177. The monoisotopic (exact) mass is 446 g/mol. The van der Waals surface area contributed by atoms with Crippen molar-refractivity contribution in [2.45, 2.75) is 78.1 Å². The van der Waals surface area contributed by atoms with Crippen molar-refractivity contribution >= 4 is 16.3 Å². The largest absolute Gasteiger partial charge is 0.0836 e. The Hall–Kier alpha value is -2.86. The van der Waals surface area contributed by atoms with Gasteiger partial charge in [0.05, 0.1) is 0 Å². The lowest BCUT2D eigenvalue weighted by molar-refractivity contribution is 0.504. The highest BCUT2D eigenvalue weighted by Gasteiger charge is 2.39. The summed E-state index contributed by atoms with van der Waals surface area (Å²) in [5.74, 6) is 0. The molecule has 0 aliphatic heterocycles. The van der Waals surface area contributed by atoms with E-state index < -0.39 is 0 Å². The molecule has 0 aromatic heterocycles. The average Bonchev–Trinajstić information content (AvgIpc) is 2.87. The van der Waals surface area contributed by atoms with E-state index in [0.29, 0.717) is 0 Å². The fourth-order valence-corrected chi connectivity index (χ4v) is 6.30. The highest BCUT2D eigenvalue weighted by atomic mass is 14.4. The van der Waals surface area contributed by atoms with Crippen molar-refractivity contribution in [3.63, 3.8) is 0 Å². The molecule has 3 aliphatic carbocycles. The molecule has 0 saturated carbocycles. The molecule has 0 atom stereocenters. The Morgan fingerprint density at radius 1 is 0.647 bits per heavy atom. The van der Waals surface area contributed by atoms with E-state index in [1.165, 1.54) is 69.9 Å². The zero-order valence-electron chi connectivity index (χ0n) is 21.8. The molecule has 0 amide bonds. The van der Waals surface area contributed by atoms with Gasteiger partial charge in [-0.05, 0) is 78.1 Å². The first-order valence-electron chi connectivity index (χ1n) is 12.9. The van der Waals surface area contributed by atoms with Crippen molar-refractivity contribution in [2.75, 3.05) is 0 Å². The number of aryl methyl sites for hydroxylation is 1. The van der Waals surface area contributed by atoms with Gasteiger partial charge in [0.15, 0.2) is 0 Å². The summed E-state index contributed by atoms with van der Waals surface area (Å²) in [4.78, 5) is 0. The highest BCUT2D eigenvalue weighted by Crippen LogP contribution is 2.48. The third-order valence-corrected chi connectivity index (χ3v) is 9.00. The first-order valence-corrected chi connectivity index (χ1v) is 12.9. The quantitative estimate of drug-likeness (QED) is 0.302. The Labute approximate surface area is 206 Å². The van der Waals surface area contributed by atoms with Gasteiger partial charge in [-0.1, -0.05) is 117 Å². The van der Waals surface area contributed by atoms with E-state index in [4.69, 9.17) is 0 Å². The first-order chi connectivity index (χ1) is 16.2. The maximum absolute atomic E-state index is 2.34. The molecule has 0 radical (unpaired) electrons. The number of hydrogen-bond acceptors (Lipinski definition) is 0. The van der Waals surface area contributed by atoms with E-state index in [9.17, 15) is 0 Å². The SMILES string of the molecule is C1=CC2=C(CC1)CCc1c2ccc2ccccc12.CC1=C(C)C(C)(C)c2ccccc2C1(C)C. The minimum Gasteiger partial charge on any atom is -0.0836 e. The Bertz CT molecular complexity index is 1310. The Kier molecular flexibility index (Phi) is 5.67. The Balaban J connectivity index is 0.000000143. The summed E-state index contributed by atoms with van der Waals surface area (Å²) in [6.07, 6.45) is 9.61. The van der Waals surface area contributed by atoms with Gasteiger partial charge in [-0.15, -0.1) is 0 Å². The van der Waals surface area contributed by atoms with E-state index in [-0.39, 0.29) is 10.8 Å². The number of hydrogen-bond donors (Lipinski definition) is 0. The lowest BCUT2D eigenvalue weighted by Gasteiger charge is -2.43. The number of benzene rings is 3. The van der Waals surface area contributed by atoms with E-state index in [0.717, 1.165) is 0 Å². The van der Waals surface area contributed by atoms with Crippen LogP contribution in [0.3, 0.4) is 0 Å². The first kappa shape index (κ1) is 22.9. The Morgan fingerprint density at radius 2 is 1.26 bits per heavy atom. The van der Waals surface area contributed by atoms with Crippen molar-refractivity contribution in [1.29, 1.82) is 0 Å². The summed E-state index contributed by atoms with van der Waals surface area (Å²) in [7, 11) is 0. The molecule has 3 aromatic rings. The van der Waals surface area contributed by atoms with Crippen LogP contribution < -0.4 is 0 Å². The molecule has 0 N–H and O–H groups in total. The maximum atomic E-state index is 2.34. The lowest BCUT2D eigenvalue weighted by atomic mass is 9.61. The molecule has 174 valence electrons. The predicted octanol–water partition coefficient (Wildman–Crippen LogP) is 9.48. The molecule has 0 saturated heterocycles. The molecule has 0 nitrogen and oxygen atoms in total. The van der Waals surface area contributed by atoms with Crippen molar-refractivity contribution in [3.8, 4) is 0 Å². The fourth-order valence-electron chi connectivity index (χ4n) is 6.30. The third kappa shape index (κ3) is 3.59. The lowest BCUT2D eigenvalue weighted by Crippen LogP contribution is -2.35. The van der Waals surface area contributed by atoms with Gasteiger partial charge in [0.1, 0.15) is 0 Å². The van der Waals surface area contributed by atoms with Gasteiger partial charge in [-0.3, -0.25) is 0 Å². The summed E-state index contributed by atoms with van der Waals surface area (Å²) < 4.78 is 0. The van der Waals surface area contributed by atoms with E-state index in [1.807, 2.05) is 0 Å². The van der Waals surface area contributed by atoms with Crippen LogP contribution in [-0.2, 0) is 17.3 Å². The van der Waals surface area contributed by atoms with Crippen molar-refractivity contribution in [3.05, 3.63) is 112 Å². The smallest absolute Gasteiger partial charge is 0.0108 e. The van der Waals surface area contributed by atoms with Crippen LogP contribution >= 0.6 is 0 Å². The molecule has 0 unspecified atom stereocenters. The average molecular weight is 447 g/mol. The molecule has 0 heteroatoms.